The molecule has 0 radical (unpaired) electrons. The largest absolute Gasteiger partial charge is 0.673 e. The molecule has 52 heavy (non-hydrogen) atoms. The van der Waals surface area contributed by atoms with E-state index >= 15 is 0 Å². The summed E-state index contributed by atoms with van der Waals surface area (Å²) in [5.41, 5.74) is 9.32. The zero-order chi connectivity index (χ0) is 40.5. The summed E-state index contributed by atoms with van der Waals surface area (Å²) in [7, 11) is -6.00. The van der Waals surface area contributed by atoms with Gasteiger partial charge >= 0.3 is 7.25 Å². The van der Waals surface area contributed by atoms with Gasteiger partial charge < -0.3 is 27.3 Å². The Labute approximate surface area is 323 Å². The number of allylic oxidation sites excluding steroid dienone is 2. The third-order valence-electron chi connectivity index (χ3n) is 10.3. The predicted octanol–water partition coefficient (Wildman–Crippen LogP) is 14.7. The molecule has 1 N–H and O–H groups in total. The summed E-state index contributed by atoms with van der Waals surface area (Å²) in [5.74, 6) is 1.93. The van der Waals surface area contributed by atoms with Crippen LogP contribution in [-0.2, 0) is 0 Å². The standard InChI is InChI=1S/C41H62N2O.CH2Cl2.BF4/c1-25(2)29-19-17-20-30(26(3)4)33(29)42-36(38(9,10)23-40(42,13)14)35(44)37-39(11,12)24-41(15,16)43(37)34-31(27(5)6)21-18-22-32(34)28(7)8;2-1-3;2-1(3,4)5/h17-22,25-28H,23-24H2,1-16H3;1H2;/q;;-1/p+1. The number of nitrogens with zero attached hydrogens (tertiary/aromatic N) is 2. The van der Waals surface area contributed by atoms with Crippen molar-refractivity contribution >= 4 is 47.5 Å². The second-order valence-electron chi connectivity index (χ2n) is 18.2. The molecule has 0 bridgehead atoms. The number of hydrogen-bond donors (Lipinski definition) is 1. The molecule has 0 amide bonds. The van der Waals surface area contributed by atoms with E-state index in [1.54, 1.807) is 0 Å². The Morgan fingerprint density at radius 2 is 1.04 bits per heavy atom. The monoisotopic (exact) mass is 770 g/mol. The van der Waals surface area contributed by atoms with Gasteiger partial charge in [-0.1, -0.05) is 106 Å². The van der Waals surface area contributed by atoms with Gasteiger partial charge in [-0.3, -0.25) is 0 Å². The lowest BCUT2D eigenvalue weighted by atomic mass is 9.78. The summed E-state index contributed by atoms with van der Waals surface area (Å²) in [6, 6.07) is 13.7. The fourth-order valence-corrected chi connectivity index (χ4v) is 9.03. The molecular weight excluding hydrogens is 706 g/mol. The maximum Gasteiger partial charge on any atom is 0.673 e. The molecule has 294 valence electrons. The van der Waals surface area contributed by atoms with Crippen LogP contribution in [0.25, 0.3) is 0 Å². The molecule has 10 heteroatoms. The van der Waals surface area contributed by atoms with Gasteiger partial charge in [0.1, 0.15) is 0 Å². The third kappa shape index (κ3) is 10.1. The molecule has 2 aliphatic heterocycles. The smallest absolute Gasteiger partial charge is 0.501 e. The lowest BCUT2D eigenvalue weighted by Gasteiger charge is -2.39. The normalized spacial score (nSPS) is 20.0. The predicted molar refractivity (Wildman–Crippen MR) is 218 cm³/mol. The molecule has 1 saturated heterocycles. The number of halogens is 6. The molecule has 2 heterocycles. The molecule has 0 atom stereocenters. The number of aliphatic hydroxyl groups excluding tert-OH is 1. The molecule has 2 aliphatic rings. The lowest BCUT2D eigenvalue weighted by Crippen LogP contribution is -2.41. The van der Waals surface area contributed by atoms with Gasteiger partial charge in [0, 0.05) is 48.0 Å². The summed E-state index contributed by atoms with van der Waals surface area (Å²) < 4.78 is 41.6. The maximum atomic E-state index is 13.1. The Morgan fingerprint density at radius 1 is 0.692 bits per heavy atom. The second-order valence-corrected chi connectivity index (χ2v) is 19.1. The molecule has 0 unspecified atom stereocenters. The molecule has 1 fully saturated rings. The van der Waals surface area contributed by atoms with Crippen LogP contribution < -0.4 is 4.90 Å². The first-order valence-corrected chi connectivity index (χ1v) is 19.7. The van der Waals surface area contributed by atoms with Gasteiger partial charge in [-0.25, -0.2) is 0 Å². The Balaban J connectivity index is 0.00000106. The van der Waals surface area contributed by atoms with Gasteiger partial charge in [0.25, 0.3) is 0 Å². The molecule has 0 spiro atoms. The van der Waals surface area contributed by atoms with Crippen LogP contribution in [-0.4, -0.2) is 39.1 Å². The van der Waals surface area contributed by atoms with E-state index in [0.29, 0.717) is 29.4 Å². The van der Waals surface area contributed by atoms with Crippen LogP contribution in [0, 0.1) is 10.8 Å². The summed E-state index contributed by atoms with van der Waals surface area (Å²) >= 11 is 9.53. The van der Waals surface area contributed by atoms with Crippen molar-refractivity contribution < 1.29 is 26.9 Å². The highest BCUT2D eigenvalue weighted by Gasteiger charge is 2.59. The van der Waals surface area contributed by atoms with Crippen molar-refractivity contribution in [1.29, 1.82) is 0 Å². The Morgan fingerprint density at radius 3 is 1.38 bits per heavy atom. The van der Waals surface area contributed by atoms with E-state index < -0.39 is 7.25 Å². The first-order valence-electron chi connectivity index (χ1n) is 18.6. The molecule has 0 saturated carbocycles. The van der Waals surface area contributed by atoms with E-state index in [1.807, 2.05) is 0 Å². The van der Waals surface area contributed by atoms with Gasteiger partial charge in [0.2, 0.25) is 17.2 Å². The van der Waals surface area contributed by atoms with Gasteiger partial charge in [0.15, 0.2) is 5.54 Å². The minimum absolute atomic E-state index is 0.177. The zero-order valence-electron chi connectivity index (χ0n) is 34.6. The van der Waals surface area contributed by atoms with Crippen molar-refractivity contribution in [2.24, 2.45) is 10.8 Å². The second kappa shape index (κ2) is 16.7. The van der Waals surface area contributed by atoms with E-state index in [-0.39, 0.29) is 27.2 Å². The Kier molecular flexibility index (Phi) is 14.7. The minimum atomic E-state index is -6.00. The average Bonchev–Trinajstić information content (AvgIpc) is 3.28. The number of anilines is 1. The van der Waals surface area contributed by atoms with E-state index in [1.165, 1.54) is 33.6 Å². The summed E-state index contributed by atoms with van der Waals surface area (Å²) in [5, 5.41) is 13.3. The van der Waals surface area contributed by atoms with Crippen LogP contribution in [0.2, 0.25) is 0 Å². The van der Waals surface area contributed by atoms with Crippen molar-refractivity contribution in [1.82, 2.24) is 0 Å². The first kappa shape index (κ1) is 46.0. The fraction of sp³-hybridized carbons (Fsp3) is 0.643. The Bertz CT molecular complexity index is 1560. The van der Waals surface area contributed by atoms with Crippen molar-refractivity contribution in [3.05, 3.63) is 70.1 Å². The number of hydrogen-bond acceptors (Lipinski definition) is 2. The number of rotatable bonds is 7. The fourth-order valence-electron chi connectivity index (χ4n) is 9.03. The zero-order valence-corrected chi connectivity index (χ0v) is 36.1. The van der Waals surface area contributed by atoms with Gasteiger partial charge in [-0.05, 0) is 68.9 Å². The molecule has 2 aromatic rings. The van der Waals surface area contributed by atoms with Crippen LogP contribution in [0.1, 0.15) is 170 Å². The highest BCUT2D eigenvalue weighted by atomic mass is 35.5. The molecule has 0 aromatic heterocycles. The van der Waals surface area contributed by atoms with Crippen LogP contribution in [0.3, 0.4) is 0 Å². The third-order valence-corrected chi connectivity index (χ3v) is 10.3. The molecule has 3 nitrogen and oxygen atoms in total. The van der Waals surface area contributed by atoms with Crippen molar-refractivity contribution in [3.63, 3.8) is 0 Å². The summed E-state index contributed by atoms with van der Waals surface area (Å²) in [6.07, 6.45) is 1.92. The molecular formula is C42H65BCl2F4N2O. The van der Waals surface area contributed by atoms with Crippen LogP contribution >= 0.6 is 23.2 Å². The van der Waals surface area contributed by atoms with Crippen molar-refractivity contribution in [2.75, 3.05) is 10.2 Å². The number of benzene rings is 2. The molecule has 2 aromatic carbocycles. The number of para-hydroxylation sites is 2. The summed E-state index contributed by atoms with van der Waals surface area (Å²) in [6.45, 7) is 37.2. The first-order chi connectivity index (χ1) is 23.5. The van der Waals surface area contributed by atoms with Crippen LogP contribution in [0.4, 0.5) is 28.6 Å². The summed E-state index contributed by atoms with van der Waals surface area (Å²) in [4.78, 5) is 2.57. The van der Waals surface area contributed by atoms with Crippen LogP contribution in [0.15, 0.2) is 47.9 Å². The number of alkyl halides is 2. The van der Waals surface area contributed by atoms with E-state index in [4.69, 9.17) is 23.2 Å². The quantitative estimate of drug-likeness (QED) is 0.0998. The van der Waals surface area contributed by atoms with Gasteiger partial charge in [-0.15, -0.1) is 23.2 Å². The van der Waals surface area contributed by atoms with E-state index in [0.717, 1.165) is 24.3 Å². The highest BCUT2D eigenvalue weighted by Crippen LogP contribution is 2.56. The molecule has 4 rings (SSSR count). The van der Waals surface area contributed by atoms with Crippen molar-refractivity contribution in [2.45, 2.75) is 158 Å². The topological polar surface area (TPSA) is 26.5 Å². The van der Waals surface area contributed by atoms with E-state index in [9.17, 15) is 22.4 Å². The van der Waals surface area contributed by atoms with Crippen LogP contribution in [0.5, 0.6) is 0 Å². The SMILES string of the molecule is CC(C)c1cccc(C(C)C)c1N1/C(=C(\O)C2=[N+](c3c(C(C)C)cccc3C(C)C)C(C)(C)CC2(C)C)C(C)(C)CC1(C)C.ClCCl.F[B-](F)(F)F. The molecule has 0 aliphatic carbocycles. The van der Waals surface area contributed by atoms with Crippen molar-refractivity contribution in [3.8, 4) is 0 Å². The minimum Gasteiger partial charge on any atom is -0.501 e. The Hall–Kier alpha value is -2.19. The number of aliphatic hydroxyl groups is 1. The average molecular weight is 772 g/mol. The van der Waals surface area contributed by atoms with Gasteiger partial charge in [0.05, 0.1) is 16.5 Å². The maximum absolute atomic E-state index is 13.1. The highest BCUT2D eigenvalue weighted by molar-refractivity contribution is 6.50. The van der Waals surface area contributed by atoms with Gasteiger partial charge in [-0.2, -0.15) is 4.58 Å². The van der Waals surface area contributed by atoms with E-state index in [2.05, 4.69) is 157 Å². The lowest BCUT2D eigenvalue weighted by molar-refractivity contribution is -0.517.